The number of amides is 1. The minimum absolute atomic E-state index is 0.103. The Morgan fingerprint density at radius 1 is 1.11 bits per heavy atom. The van der Waals surface area contributed by atoms with E-state index in [1.807, 2.05) is 0 Å². The van der Waals surface area contributed by atoms with E-state index in [-0.39, 0.29) is 17.2 Å². The minimum Gasteiger partial charge on any atom is -0.494 e. The molecule has 1 saturated heterocycles. The van der Waals surface area contributed by atoms with Crippen LogP contribution in [0.4, 0.5) is 18.9 Å². The van der Waals surface area contributed by atoms with Gasteiger partial charge in [-0.15, -0.1) is 11.8 Å². The van der Waals surface area contributed by atoms with Gasteiger partial charge in [-0.3, -0.25) is 9.69 Å². The van der Waals surface area contributed by atoms with Crippen LogP contribution in [0.5, 0.6) is 5.75 Å². The monoisotopic (exact) mass is 409 g/mol. The molecule has 0 unspecified atom stereocenters. The molecule has 0 saturated carbocycles. The van der Waals surface area contributed by atoms with Crippen LogP contribution < -0.4 is 9.64 Å². The fraction of sp³-hybridized carbons (Fsp3) is 0.381. The molecule has 2 aromatic rings. The van der Waals surface area contributed by atoms with Gasteiger partial charge in [-0.05, 0) is 42.3 Å². The Morgan fingerprint density at radius 3 is 2.50 bits per heavy atom. The average molecular weight is 409 g/mol. The highest BCUT2D eigenvalue weighted by Gasteiger charge is 2.40. The van der Waals surface area contributed by atoms with Crippen LogP contribution >= 0.6 is 11.8 Å². The van der Waals surface area contributed by atoms with E-state index in [0.29, 0.717) is 18.0 Å². The van der Waals surface area contributed by atoms with Crippen LogP contribution in [0, 0.1) is 0 Å². The number of alkyl halides is 3. The van der Waals surface area contributed by atoms with Crippen LogP contribution in [-0.4, -0.2) is 18.3 Å². The van der Waals surface area contributed by atoms with Gasteiger partial charge in [0.05, 0.1) is 17.9 Å². The Hall–Kier alpha value is -2.15. The number of carbonyl (C=O) groups excluding carboxylic acids is 1. The lowest BCUT2D eigenvalue weighted by Gasteiger charge is -2.26. The molecule has 1 heterocycles. The van der Waals surface area contributed by atoms with Gasteiger partial charge in [-0.25, -0.2) is 0 Å². The molecule has 1 aliphatic rings. The molecule has 28 heavy (non-hydrogen) atoms. The molecule has 0 N–H and O–H groups in total. The zero-order chi connectivity index (χ0) is 20.1. The second-order valence-corrected chi connectivity index (χ2v) is 7.63. The molecule has 3 rings (SSSR count). The Morgan fingerprint density at radius 2 is 1.82 bits per heavy atom. The van der Waals surface area contributed by atoms with Crippen molar-refractivity contribution in [3.05, 3.63) is 59.7 Å². The first-order valence-electron chi connectivity index (χ1n) is 9.24. The van der Waals surface area contributed by atoms with Crippen LogP contribution in [0.1, 0.15) is 42.7 Å². The molecule has 0 radical (unpaired) electrons. The minimum atomic E-state index is -4.47. The molecule has 0 aliphatic carbocycles. The van der Waals surface area contributed by atoms with Gasteiger partial charge >= 0.3 is 6.18 Å². The first kappa shape index (κ1) is 20.6. The maximum Gasteiger partial charge on any atom is 0.416 e. The molecule has 3 nitrogen and oxygen atoms in total. The summed E-state index contributed by atoms with van der Waals surface area (Å²) >= 11 is 1.21. The number of nitrogens with zero attached hydrogens (tertiary/aromatic N) is 1. The Balaban J connectivity index is 1.82. The van der Waals surface area contributed by atoms with Crippen LogP contribution in [0.15, 0.2) is 48.5 Å². The maximum atomic E-state index is 13.4. The SMILES string of the molecule is CCCCCOc1ccc(N2C(=O)CS[C@@H]2c2ccccc2C(F)(F)F)cc1. The Labute approximate surface area is 166 Å². The molecule has 1 amide bonds. The normalized spacial score (nSPS) is 17.2. The smallest absolute Gasteiger partial charge is 0.416 e. The number of halogens is 3. The Kier molecular flexibility index (Phi) is 6.54. The fourth-order valence-electron chi connectivity index (χ4n) is 3.15. The zero-order valence-corrected chi connectivity index (χ0v) is 16.4. The van der Waals surface area contributed by atoms with Crippen LogP contribution in [0.2, 0.25) is 0 Å². The summed E-state index contributed by atoms with van der Waals surface area (Å²) in [5.74, 6) is 0.626. The number of anilines is 1. The molecule has 2 aromatic carbocycles. The molecule has 0 bridgehead atoms. The first-order valence-corrected chi connectivity index (χ1v) is 10.3. The second-order valence-electron chi connectivity index (χ2n) is 6.56. The van der Waals surface area contributed by atoms with Crippen molar-refractivity contribution in [2.24, 2.45) is 0 Å². The molecule has 0 aromatic heterocycles. The van der Waals surface area contributed by atoms with Gasteiger partial charge in [0, 0.05) is 5.69 Å². The third-order valence-corrected chi connectivity index (χ3v) is 5.73. The third kappa shape index (κ3) is 4.63. The van der Waals surface area contributed by atoms with E-state index in [0.717, 1.165) is 25.3 Å². The van der Waals surface area contributed by atoms with E-state index in [2.05, 4.69) is 6.92 Å². The number of carbonyl (C=O) groups is 1. The largest absolute Gasteiger partial charge is 0.494 e. The van der Waals surface area contributed by atoms with Gasteiger partial charge in [0.1, 0.15) is 11.1 Å². The van der Waals surface area contributed by atoms with Gasteiger partial charge in [0.2, 0.25) is 5.91 Å². The molecule has 0 spiro atoms. The van der Waals surface area contributed by atoms with Crippen molar-refractivity contribution < 1.29 is 22.7 Å². The number of unbranched alkanes of at least 4 members (excludes halogenated alkanes) is 2. The predicted molar refractivity (Wildman–Crippen MR) is 106 cm³/mol. The standard InChI is InChI=1S/C21H22F3NO2S/c1-2-3-6-13-27-16-11-9-15(10-12-16)25-19(26)14-28-20(25)17-7-4-5-8-18(17)21(22,23)24/h4-5,7-12,20H,2-3,6,13-14H2,1H3/t20-/m1/s1. The van der Waals surface area contributed by atoms with E-state index in [1.54, 1.807) is 30.3 Å². The first-order chi connectivity index (χ1) is 13.4. The highest BCUT2D eigenvalue weighted by Crippen LogP contribution is 2.46. The summed E-state index contributed by atoms with van der Waals surface area (Å²) in [6.07, 6.45) is -1.30. The topological polar surface area (TPSA) is 29.5 Å². The third-order valence-electron chi connectivity index (χ3n) is 4.53. The van der Waals surface area contributed by atoms with E-state index in [4.69, 9.17) is 4.74 Å². The fourth-order valence-corrected chi connectivity index (χ4v) is 4.36. The highest BCUT2D eigenvalue weighted by atomic mass is 32.2. The van der Waals surface area contributed by atoms with Gasteiger partial charge in [0.15, 0.2) is 0 Å². The van der Waals surface area contributed by atoms with Crippen molar-refractivity contribution in [1.29, 1.82) is 0 Å². The summed E-state index contributed by atoms with van der Waals surface area (Å²) in [4.78, 5) is 13.9. The lowest BCUT2D eigenvalue weighted by atomic mass is 10.1. The Bertz CT molecular complexity index is 808. The molecule has 1 aliphatic heterocycles. The van der Waals surface area contributed by atoms with Crippen LogP contribution in [0.3, 0.4) is 0 Å². The van der Waals surface area contributed by atoms with Gasteiger partial charge in [0.25, 0.3) is 0 Å². The lowest BCUT2D eigenvalue weighted by molar-refractivity contribution is -0.138. The number of hydrogen-bond acceptors (Lipinski definition) is 3. The van der Waals surface area contributed by atoms with Gasteiger partial charge < -0.3 is 4.74 Å². The molecule has 1 atom stereocenters. The summed E-state index contributed by atoms with van der Waals surface area (Å²) in [6, 6.07) is 12.4. The van der Waals surface area contributed by atoms with E-state index < -0.39 is 17.1 Å². The van der Waals surface area contributed by atoms with Crippen molar-refractivity contribution in [3.63, 3.8) is 0 Å². The molecular formula is C21H22F3NO2S. The van der Waals surface area contributed by atoms with Gasteiger partial charge in [-0.2, -0.15) is 13.2 Å². The van der Waals surface area contributed by atoms with E-state index >= 15 is 0 Å². The van der Waals surface area contributed by atoms with Crippen molar-refractivity contribution >= 4 is 23.4 Å². The summed E-state index contributed by atoms with van der Waals surface area (Å²) in [6.45, 7) is 2.74. The number of thioether (sulfide) groups is 1. The van der Waals surface area contributed by atoms with E-state index in [1.165, 1.54) is 28.8 Å². The molecular weight excluding hydrogens is 387 g/mol. The lowest BCUT2D eigenvalue weighted by Crippen LogP contribution is -2.29. The second kappa shape index (κ2) is 8.90. The number of benzene rings is 2. The summed E-state index contributed by atoms with van der Waals surface area (Å²) in [5.41, 5.74) is -0.0355. The quantitative estimate of drug-likeness (QED) is 0.521. The van der Waals surface area contributed by atoms with Crippen molar-refractivity contribution in [1.82, 2.24) is 0 Å². The highest BCUT2D eigenvalue weighted by molar-refractivity contribution is 8.00. The summed E-state index contributed by atoms with van der Waals surface area (Å²) < 4.78 is 45.9. The molecule has 150 valence electrons. The summed E-state index contributed by atoms with van der Waals surface area (Å²) in [5, 5.41) is -0.707. The average Bonchev–Trinajstić information content (AvgIpc) is 3.06. The number of rotatable bonds is 7. The van der Waals surface area contributed by atoms with Crippen molar-refractivity contribution in [3.8, 4) is 5.75 Å². The summed E-state index contributed by atoms with van der Waals surface area (Å²) in [7, 11) is 0. The molecule has 1 fully saturated rings. The van der Waals surface area contributed by atoms with Gasteiger partial charge in [-0.1, -0.05) is 38.0 Å². The van der Waals surface area contributed by atoms with Crippen molar-refractivity contribution in [2.75, 3.05) is 17.3 Å². The van der Waals surface area contributed by atoms with Crippen molar-refractivity contribution in [2.45, 2.75) is 37.7 Å². The number of hydrogen-bond donors (Lipinski definition) is 0. The predicted octanol–water partition coefficient (Wildman–Crippen LogP) is 6.05. The van der Waals surface area contributed by atoms with E-state index in [9.17, 15) is 18.0 Å². The van der Waals surface area contributed by atoms with Crippen LogP contribution in [-0.2, 0) is 11.0 Å². The maximum absolute atomic E-state index is 13.4. The number of ether oxygens (including phenoxy) is 1. The van der Waals surface area contributed by atoms with Crippen LogP contribution in [0.25, 0.3) is 0 Å². The zero-order valence-electron chi connectivity index (χ0n) is 15.5. The molecule has 7 heteroatoms.